The minimum Gasteiger partial charge on any atom is -0.342 e. The highest BCUT2D eigenvalue weighted by molar-refractivity contribution is 7.99. The van der Waals surface area contributed by atoms with Crippen LogP contribution in [0.2, 0.25) is 0 Å². The lowest BCUT2D eigenvalue weighted by molar-refractivity contribution is -0.128. The molecule has 0 N–H and O–H groups in total. The molecule has 0 radical (unpaired) electrons. The lowest BCUT2D eigenvalue weighted by atomic mass is 10.3. The third kappa shape index (κ3) is 4.33. The second kappa shape index (κ2) is 8.33. The van der Waals surface area contributed by atoms with Crippen molar-refractivity contribution in [3.05, 3.63) is 33.7 Å². The predicted octanol–water partition coefficient (Wildman–Crippen LogP) is 2.64. The smallest absolute Gasteiger partial charge is 0.258 e. The molecular formula is C15H21N3O2S2. The zero-order chi connectivity index (χ0) is 15.9. The van der Waals surface area contributed by atoms with Crippen LogP contribution in [0.3, 0.4) is 0 Å². The average Bonchev–Trinajstić information content (AvgIpc) is 2.97. The third-order valence-electron chi connectivity index (χ3n) is 3.35. The molecule has 2 aromatic rings. The molecule has 1 amide bonds. The lowest BCUT2D eigenvalue weighted by Gasteiger charge is -2.20. The van der Waals surface area contributed by atoms with Gasteiger partial charge in [-0.2, -0.15) is 0 Å². The monoisotopic (exact) mass is 339 g/mol. The quantitative estimate of drug-likeness (QED) is 0.742. The van der Waals surface area contributed by atoms with Crippen molar-refractivity contribution in [2.75, 3.05) is 18.8 Å². The summed E-state index contributed by atoms with van der Waals surface area (Å²) in [6.45, 7) is 5.71. The van der Waals surface area contributed by atoms with Gasteiger partial charge < -0.3 is 4.90 Å². The first-order valence-electron chi connectivity index (χ1n) is 7.47. The van der Waals surface area contributed by atoms with Crippen LogP contribution in [0.25, 0.3) is 4.96 Å². The fraction of sp³-hybridized carbons (Fsp3) is 0.533. The van der Waals surface area contributed by atoms with Crippen molar-refractivity contribution in [2.24, 2.45) is 0 Å². The van der Waals surface area contributed by atoms with Crippen LogP contribution in [-0.4, -0.2) is 39.0 Å². The summed E-state index contributed by atoms with van der Waals surface area (Å²) in [4.78, 5) is 31.0. The molecule has 0 spiro atoms. The van der Waals surface area contributed by atoms with Crippen LogP contribution in [0.15, 0.2) is 22.4 Å². The number of nitrogens with zero attached hydrogens (tertiary/aromatic N) is 3. The van der Waals surface area contributed by atoms with Gasteiger partial charge in [0.1, 0.15) is 0 Å². The van der Waals surface area contributed by atoms with Crippen LogP contribution in [0.1, 0.15) is 32.4 Å². The number of thioether (sulfide) groups is 1. The van der Waals surface area contributed by atoms with Crippen LogP contribution in [0.5, 0.6) is 0 Å². The van der Waals surface area contributed by atoms with Crippen molar-refractivity contribution in [3.8, 4) is 0 Å². The molecule has 0 saturated carbocycles. The third-order valence-corrected chi connectivity index (χ3v) is 5.06. The summed E-state index contributed by atoms with van der Waals surface area (Å²) in [5.74, 6) is 1.18. The molecule has 0 saturated heterocycles. The van der Waals surface area contributed by atoms with E-state index in [0.717, 1.165) is 31.6 Å². The van der Waals surface area contributed by atoms with Crippen LogP contribution < -0.4 is 5.56 Å². The van der Waals surface area contributed by atoms with Gasteiger partial charge in [0.05, 0.1) is 11.4 Å². The van der Waals surface area contributed by atoms with Crippen LogP contribution in [0, 0.1) is 0 Å². The molecule has 7 heteroatoms. The van der Waals surface area contributed by atoms with Crippen LogP contribution >= 0.6 is 23.1 Å². The molecule has 0 bridgehead atoms. The Morgan fingerprint density at radius 2 is 2.27 bits per heavy atom. The molecule has 120 valence electrons. The topological polar surface area (TPSA) is 54.7 Å². The Hall–Kier alpha value is -1.34. The van der Waals surface area contributed by atoms with Crippen molar-refractivity contribution in [1.82, 2.24) is 14.3 Å². The van der Waals surface area contributed by atoms with E-state index in [0.29, 0.717) is 16.5 Å². The molecule has 0 fully saturated rings. The summed E-state index contributed by atoms with van der Waals surface area (Å²) in [5.41, 5.74) is 0.674. The first kappa shape index (κ1) is 17.0. The summed E-state index contributed by atoms with van der Waals surface area (Å²) < 4.78 is 1.54. The zero-order valence-electron chi connectivity index (χ0n) is 12.9. The van der Waals surface area contributed by atoms with Gasteiger partial charge in [0, 0.05) is 36.5 Å². The first-order chi connectivity index (χ1) is 10.7. The summed E-state index contributed by atoms with van der Waals surface area (Å²) >= 11 is 2.95. The minimum atomic E-state index is -0.0636. The van der Waals surface area contributed by atoms with Gasteiger partial charge in [-0.25, -0.2) is 4.98 Å². The fourth-order valence-electron chi connectivity index (χ4n) is 2.10. The SMILES string of the molecule is CCCCN(CC)C(=O)CSCc1cc(=O)n2ccsc2n1. The van der Waals surface area contributed by atoms with E-state index in [2.05, 4.69) is 11.9 Å². The maximum absolute atomic E-state index is 12.1. The van der Waals surface area contributed by atoms with Gasteiger partial charge in [0.15, 0.2) is 4.96 Å². The molecule has 22 heavy (non-hydrogen) atoms. The second-order valence-electron chi connectivity index (χ2n) is 4.96. The molecule has 0 aromatic carbocycles. The Balaban J connectivity index is 1.89. The van der Waals surface area contributed by atoms with E-state index >= 15 is 0 Å². The number of carbonyl (C=O) groups excluding carboxylic acids is 1. The Morgan fingerprint density at radius 3 is 3.00 bits per heavy atom. The summed E-state index contributed by atoms with van der Waals surface area (Å²) in [6, 6.07) is 1.55. The number of rotatable bonds is 8. The largest absolute Gasteiger partial charge is 0.342 e. The van der Waals surface area contributed by atoms with Gasteiger partial charge in [0.2, 0.25) is 5.91 Å². The molecule has 0 aliphatic heterocycles. The zero-order valence-corrected chi connectivity index (χ0v) is 14.6. The number of aromatic nitrogens is 2. The van der Waals surface area contributed by atoms with Gasteiger partial charge >= 0.3 is 0 Å². The van der Waals surface area contributed by atoms with Gasteiger partial charge in [-0.15, -0.1) is 23.1 Å². The highest BCUT2D eigenvalue weighted by Crippen LogP contribution is 2.13. The van der Waals surface area contributed by atoms with Crippen molar-refractivity contribution < 1.29 is 4.79 Å². The van der Waals surface area contributed by atoms with Gasteiger partial charge in [-0.05, 0) is 13.3 Å². The highest BCUT2D eigenvalue weighted by Gasteiger charge is 2.11. The van der Waals surface area contributed by atoms with Crippen molar-refractivity contribution in [1.29, 1.82) is 0 Å². The van der Waals surface area contributed by atoms with Crippen molar-refractivity contribution in [3.63, 3.8) is 0 Å². The molecule has 0 atom stereocenters. The van der Waals surface area contributed by atoms with E-state index in [1.54, 1.807) is 12.3 Å². The van der Waals surface area contributed by atoms with Crippen LogP contribution in [0.4, 0.5) is 0 Å². The summed E-state index contributed by atoms with van der Waals surface area (Å²) in [7, 11) is 0. The number of fused-ring (bicyclic) bond motifs is 1. The van der Waals surface area contributed by atoms with Gasteiger partial charge in [0.25, 0.3) is 5.56 Å². The minimum absolute atomic E-state index is 0.0636. The summed E-state index contributed by atoms with van der Waals surface area (Å²) in [6.07, 6.45) is 3.85. The summed E-state index contributed by atoms with van der Waals surface area (Å²) in [5, 5.41) is 1.84. The molecule has 5 nitrogen and oxygen atoms in total. The molecule has 0 aliphatic carbocycles. The first-order valence-corrected chi connectivity index (χ1v) is 9.50. The van der Waals surface area contributed by atoms with E-state index in [1.165, 1.54) is 27.5 Å². The number of unbranched alkanes of at least 4 members (excludes halogenated alkanes) is 1. The Kier molecular flexibility index (Phi) is 6.45. The number of hydrogen-bond donors (Lipinski definition) is 0. The molecule has 2 rings (SSSR count). The molecule has 2 heterocycles. The van der Waals surface area contributed by atoms with E-state index in [1.807, 2.05) is 17.2 Å². The number of amides is 1. The van der Waals surface area contributed by atoms with E-state index in [4.69, 9.17) is 0 Å². The number of carbonyl (C=O) groups is 1. The maximum atomic E-state index is 12.1. The molecule has 0 aliphatic rings. The van der Waals surface area contributed by atoms with Crippen molar-refractivity contribution >= 4 is 34.0 Å². The fourth-order valence-corrected chi connectivity index (χ4v) is 3.66. The highest BCUT2D eigenvalue weighted by atomic mass is 32.2. The maximum Gasteiger partial charge on any atom is 0.258 e. The normalized spacial score (nSPS) is 11.0. The number of thiazole rings is 1. The van der Waals surface area contributed by atoms with E-state index in [9.17, 15) is 9.59 Å². The van der Waals surface area contributed by atoms with Gasteiger partial charge in [-0.1, -0.05) is 13.3 Å². The molecule has 2 aromatic heterocycles. The van der Waals surface area contributed by atoms with E-state index in [-0.39, 0.29) is 11.5 Å². The predicted molar refractivity (Wildman–Crippen MR) is 92.7 cm³/mol. The van der Waals surface area contributed by atoms with Crippen LogP contribution in [-0.2, 0) is 10.5 Å². The Labute approximate surface area is 138 Å². The van der Waals surface area contributed by atoms with Gasteiger partial charge in [-0.3, -0.25) is 14.0 Å². The molecule has 0 unspecified atom stereocenters. The Morgan fingerprint density at radius 1 is 1.45 bits per heavy atom. The average molecular weight is 339 g/mol. The molecular weight excluding hydrogens is 318 g/mol. The lowest BCUT2D eigenvalue weighted by Crippen LogP contribution is -2.33. The standard InChI is InChI=1S/C15H21N3O2S2/c1-3-5-6-17(4-2)14(20)11-21-10-12-9-13(19)18-7-8-22-15(18)16-12/h7-9H,3-6,10-11H2,1-2H3. The Bertz CT molecular complexity index is 681. The number of hydrogen-bond acceptors (Lipinski definition) is 5. The van der Waals surface area contributed by atoms with E-state index < -0.39 is 0 Å². The second-order valence-corrected chi connectivity index (χ2v) is 6.82. The van der Waals surface area contributed by atoms with Crippen molar-refractivity contribution in [2.45, 2.75) is 32.4 Å².